The maximum atomic E-state index is 10.8. The van der Waals surface area contributed by atoms with Crippen LogP contribution in [0.1, 0.15) is 6.42 Å². The third-order valence-corrected chi connectivity index (χ3v) is 1.61. The summed E-state index contributed by atoms with van der Waals surface area (Å²) in [5.74, 6) is -0.171. The fourth-order valence-electron chi connectivity index (χ4n) is 0.976. The molecule has 0 bridgehead atoms. The standard InChI is InChI=1S/C7H8O3/c8-7-5(1-2-9-7)3-6-4-10-6/h3,6H,1-2,4H2/b5-3+/t6-/m0/s1. The molecule has 54 valence electrons. The second-order valence-corrected chi connectivity index (χ2v) is 2.45. The number of hydrogen-bond donors (Lipinski definition) is 0. The van der Waals surface area contributed by atoms with Gasteiger partial charge in [-0.3, -0.25) is 0 Å². The Bertz CT molecular complexity index is 191. The number of carbonyl (C=O) groups is 1. The highest BCUT2D eigenvalue weighted by Gasteiger charge is 2.25. The van der Waals surface area contributed by atoms with Gasteiger partial charge in [-0.15, -0.1) is 0 Å². The number of esters is 1. The van der Waals surface area contributed by atoms with E-state index in [0.29, 0.717) is 6.61 Å². The summed E-state index contributed by atoms with van der Waals surface area (Å²) in [6.07, 6.45) is 2.80. The number of rotatable bonds is 1. The van der Waals surface area contributed by atoms with E-state index >= 15 is 0 Å². The molecule has 2 saturated heterocycles. The summed E-state index contributed by atoms with van der Waals surface area (Å²) in [6.45, 7) is 1.30. The van der Waals surface area contributed by atoms with Crippen molar-refractivity contribution in [3.63, 3.8) is 0 Å². The summed E-state index contributed by atoms with van der Waals surface area (Å²) in [5.41, 5.74) is 0.780. The molecule has 1 atom stereocenters. The molecule has 0 radical (unpaired) electrons. The molecule has 2 rings (SSSR count). The first-order valence-electron chi connectivity index (χ1n) is 3.36. The lowest BCUT2D eigenvalue weighted by molar-refractivity contribution is -0.135. The van der Waals surface area contributed by atoms with Crippen molar-refractivity contribution in [2.24, 2.45) is 0 Å². The fourth-order valence-corrected chi connectivity index (χ4v) is 0.976. The number of ether oxygens (including phenoxy) is 2. The predicted molar refractivity (Wildman–Crippen MR) is 33.4 cm³/mol. The predicted octanol–water partition coefficient (Wildman–Crippen LogP) is 0.258. The normalized spacial score (nSPS) is 34.6. The van der Waals surface area contributed by atoms with E-state index in [9.17, 15) is 4.79 Å². The molecule has 0 N–H and O–H groups in total. The summed E-state index contributed by atoms with van der Waals surface area (Å²) in [7, 11) is 0. The Balaban J connectivity index is 2.07. The van der Waals surface area contributed by atoms with Gasteiger partial charge in [0.15, 0.2) is 0 Å². The van der Waals surface area contributed by atoms with Crippen molar-refractivity contribution in [2.45, 2.75) is 12.5 Å². The van der Waals surface area contributed by atoms with Crippen LogP contribution in [0.5, 0.6) is 0 Å². The van der Waals surface area contributed by atoms with E-state index in [4.69, 9.17) is 9.47 Å². The van der Waals surface area contributed by atoms with Crippen LogP contribution in [0.25, 0.3) is 0 Å². The number of hydrogen-bond acceptors (Lipinski definition) is 3. The van der Waals surface area contributed by atoms with Crippen LogP contribution >= 0.6 is 0 Å². The summed E-state index contributed by atoms with van der Waals surface area (Å²) in [6, 6.07) is 0. The molecule has 0 aromatic rings. The van der Waals surface area contributed by atoms with E-state index in [2.05, 4.69) is 0 Å². The maximum absolute atomic E-state index is 10.8. The molecule has 0 saturated carbocycles. The summed E-state index contributed by atoms with van der Waals surface area (Å²) >= 11 is 0. The van der Waals surface area contributed by atoms with Gasteiger partial charge in [-0.1, -0.05) is 0 Å². The first-order chi connectivity index (χ1) is 4.86. The van der Waals surface area contributed by atoms with Crippen molar-refractivity contribution in [3.8, 4) is 0 Å². The molecular weight excluding hydrogens is 132 g/mol. The van der Waals surface area contributed by atoms with Gasteiger partial charge in [-0.05, 0) is 6.08 Å². The van der Waals surface area contributed by atoms with Gasteiger partial charge in [0.2, 0.25) is 0 Å². The zero-order chi connectivity index (χ0) is 6.97. The van der Waals surface area contributed by atoms with Crippen LogP contribution in [0.2, 0.25) is 0 Å². The van der Waals surface area contributed by atoms with E-state index in [-0.39, 0.29) is 12.1 Å². The minimum Gasteiger partial charge on any atom is -0.462 e. The van der Waals surface area contributed by atoms with Crippen molar-refractivity contribution in [2.75, 3.05) is 13.2 Å². The van der Waals surface area contributed by atoms with Crippen molar-refractivity contribution in [1.82, 2.24) is 0 Å². The highest BCUT2D eigenvalue weighted by atomic mass is 16.6. The van der Waals surface area contributed by atoms with Crippen molar-refractivity contribution >= 4 is 5.97 Å². The molecule has 0 aromatic carbocycles. The van der Waals surface area contributed by atoms with Gasteiger partial charge in [-0.25, -0.2) is 4.79 Å². The highest BCUT2D eigenvalue weighted by Crippen LogP contribution is 2.19. The monoisotopic (exact) mass is 140 g/mol. The van der Waals surface area contributed by atoms with Gasteiger partial charge in [0.05, 0.1) is 19.3 Å². The molecule has 2 fully saturated rings. The summed E-state index contributed by atoms with van der Waals surface area (Å²) < 4.78 is 9.67. The molecular formula is C7H8O3. The van der Waals surface area contributed by atoms with Gasteiger partial charge in [0.25, 0.3) is 0 Å². The topological polar surface area (TPSA) is 38.8 Å². The third-order valence-electron chi connectivity index (χ3n) is 1.61. The number of epoxide rings is 1. The summed E-state index contributed by atoms with van der Waals surface area (Å²) in [5, 5.41) is 0. The van der Waals surface area contributed by atoms with Gasteiger partial charge in [0, 0.05) is 12.0 Å². The Hall–Kier alpha value is -0.830. The van der Waals surface area contributed by atoms with E-state index < -0.39 is 0 Å². The van der Waals surface area contributed by atoms with Gasteiger partial charge >= 0.3 is 5.97 Å². The lowest BCUT2D eigenvalue weighted by Gasteiger charge is -1.86. The molecule has 0 amide bonds. The first kappa shape index (κ1) is 5.92. The van der Waals surface area contributed by atoms with Crippen LogP contribution in [0.4, 0.5) is 0 Å². The maximum Gasteiger partial charge on any atom is 0.333 e. The van der Waals surface area contributed by atoms with Gasteiger partial charge < -0.3 is 9.47 Å². The largest absolute Gasteiger partial charge is 0.462 e. The highest BCUT2D eigenvalue weighted by molar-refractivity contribution is 5.90. The fraction of sp³-hybridized carbons (Fsp3) is 0.571. The molecule has 0 unspecified atom stereocenters. The molecule has 3 nitrogen and oxygen atoms in total. The zero-order valence-corrected chi connectivity index (χ0v) is 5.50. The zero-order valence-electron chi connectivity index (χ0n) is 5.50. The first-order valence-corrected chi connectivity index (χ1v) is 3.36. The third kappa shape index (κ3) is 1.04. The molecule has 10 heavy (non-hydrogen) atoms. The van der Waals surface area contributed by atoms with E-state index in [0.717, 1.165) is 18.6 Å². The Morgan fingerprint density at radius 3 is 2.90 bits per heavy atom. The molecule has 2 aliphatic rings. The Morgan fingerprint density at radius 2 is 2.40 bits per heavy atom. The lowest BCUT2D eigenvalue weighted by Crippen LogP contribution is -1.95. The molecule has 0 aromatic heterocycles. The minimum atomic E-state index is -0.171. The number of cyclic esters (lactones) is 1. The van der Waals surface area contributed by atoms with Crippen LogP contribution in [0.3, 0.4) is 0 Å². The molecule has 0 spiro atoms. The minimum absolute atomic E-state index is 0.171. The Morgan fingerprint density at radius 1 is 1.60 bits per heavy atom. The Kier molecular flexibility index (Phi) is 1.24. The Labute approximate surface area is 58.6 Å². The van der Waals surface area contributed by atoms with E-state index in [1.165, 1.54) is 0 Å². The molecule has 0 aliphatic carbocycles. The van der Waals surface area contributed by atoms with Crippen LogP contribution < -0.4 is 0 Å². The quantitative estimate of drug-likeness (QED) is 0.298. The van der Waals surface area contributed by atoms with Crippen molar-refractivity contribution < 1.29 is 14.3 Å². The van der Waals surface area contributed by atoms with Crippen molar-refractivity contribution in [3.05, 3.63) is 11.6 Å². The van der Waals surface area contributed by atoms with Crippen molar-refractivity contribution in [1.29, 1.82) is 0 Å². The second kappa shape index (κ2) is 2.09. The summed E-state index contributed by atoms with van der Waals surface area (Å²) in [4.78, 5) is 10.8. The smallest absolute Gasteiger partial charge is 0.333 e. The van der Waals surface area contributed by atoms with Crippen LogP contribution in [-0.4, -0.2) is 25.3 Å². The average molecular weight is 140 g/mol. The second-order valence-electron chi connectivity index (χ2n) is 2.45. The molecule has 2 heterocycles. The van der Waals surface area contributed by atoms with Crippen LogP contribution in [-0.2, 0) is 14.3 Å². The van der Waals surface area contributed by atoms with Gasteiger partial charge in [-0.2, -0.15) is 0 Å². The van der Waals surface area contributed by atoms with Crippen LogP contribution in [0, 0.1) is 0 Å². The number of carbonyl (C=O) groups excluding carboxylic acids is 1. The van der Waals surface area contributed by atoms with E-state index in [1.54, 1.807) is 0 Å². The molecule has 2 aliphatic heterocycles. The average Bonchev–Trinajstić information content (AvgIpc) is 2.62. The van der Waals surface area contributed by atoms with E-state index in [1.807, 2.05) is 6.08 Å². The lowest BCUT2D eigenvalue weighted by atomic mass is 10.2. The SMILES string of the molecule is O=C1OCC/C1=C\[C@H]1CO1. The molecule has 3 heteroatoms. The van der Waals surface area contributed by atoms with Crippen LogP contribution in [0.15, 0.2) is 11.6 Å². The van der Waals surface area contributed by atoms with Gasteiger partial charge in [0.1, 0.15) is 0 Å².